The van der Waals surface area contributed by atoms with Crippen molar-refractivity contribution in [2.75, 3.05) is 0 Å². The molecule has 0 aliphatic carbocycles. The first-order valence-corrected chi connectivity index (χ1v) is 10.6. The topological polar surface area (TPSA) is 44.0 Å². The van der Waals surface area contributed by atoms with Gasteiger partial charge in [0.25, 0.3) is 11.1 Å². The number of nitrogens with zero attached hydrogens (tertiary/aromatic N) is 2. The maximum atomic E-state index is 11.5. The zero-order valence-corrected chi connectivity index (χ0v) is 16.7. The van der Waals surface area contributed by atoms with Crippen molar-refractivity contribution in [2.24, 2.45) is 0 Å². The maximum absolute atomic E-state index is 11.5. The van der Waals surface area contributed by atoms with Crippen LogP contribution in [0.2, 0.25) is 8.67 Å². The van der Waals surface area contributed by atoms with Crippen LogP contribution in [0.25, 0.3) is 0 Å². The van der Waals surface area contributed by atoms with Crippen LogP contribution in [0, 0.1) is 0 Å². The Labute approximate surface area is 159 Å². The molecular formula is C16H22Cl2N2O2S2. The van der Waals surface area contributed by atoms with E-state index in [9.17, 15) is 9.59 Å². The Kier molecular flexibility index (Phi) is 8.59. The zero-order chi connectivity index (χ0) is 17.4. The van der Waals surface area contributed by atoms with Crippen LogP contribution in [0.5, 0.6) is 0 Å². The highest BCUT2D eigenvalue weighted by atomic mass is 35.5. The minimum Gasteiger partial charge on any atom is -0.268 e. The lowest BCUT2D eigenvalue weighted by atomic mass is 10.1. The van der Waals surface area contributed by atoms with Gasteiger partial charge in [0.1, 0.15) is 8.67 Å². The van der Waals surface area contributed by atoms with Crippen molar-refractivity contribution in [3.05, 3.63) is 41.5 Å². The van der Waals surface area contributed by atoms with Crippen LogP contribution >= 0.6 is 46.3 Å². The molecule has 0 atom stereocenters. The molecule has 0 spiro atoms. The summed E-state index contributed by atoms with van der Waals surface area (Å²) < 4.78 is 4.57. The average molecular weight is 409 g/mol. The molecule has 0 fully saturated rings. The summed E-state index contributed by atoms with van der Waals surface area (Å²) in [5.74, 6) is 0. The minimum absolute atomic E-state index is 0.0103. The van der Waals surface area contributed by atoms with Gasteiger partial charge in [0.15, 0.2) is 0 Å². The molecule has 0 radical (unpaired) electrons. The molecule has 0 saturated heterocycles. The summed E-state index contributed by atoms with van der Waals surface area (Å²) >= 11 is 14.3. The third-order valence-electron chi connectivity index (χ3n) is 3.83. The molecule has 0 unspecified atom stereocenters. The molecule has 0 bridgehead atoms. The highest BCUT2D eigenvalue weighted by Crippen LogP contribution is 2.15. The lowest BCUT2D eigenvalue weighted by Gasteiger charge is -2.03. The van der Waals surface area contributed by atoms with Crippen molar-refractivity contribution in [2.45, 2.75) is 64.5 Å². The number of rotatable bonds is 11. The lowest BCUT2D eigenvalue weighted by Crippen LogP contribution is -2.11. The molecule has 0 amide bonds. The summed E-state index contributed by atoms with van der Waals surface area (Å²) in [5.41, 5.74) is 0.0206. The van der Waals surface area contributed by atoms with Gasteiger partial charge < -0.3 is 0 Å². The Bertz CT molecular complexity index is 671. The van der Waals surface area contributed by atoms with Gasteiger partial charge in [-0.3, -0.25) is 17.5 Å². The quantitative estimate of drug-likeness (QED) is 0.475. The second-order valence-electron chi connectivity index (χ2n) is 5.79. The first-order chi connectivity index (χ1) is 11.6. The Morgan fingerprint density at radius 1 is 0.667 bits per heavy atom. The highest BCUT2D eigenvalue weighted by molar-refractivity contribution is 7.11. The van der Waals surface area contributed by atoms with Crippen LogP contribution in [-0.2, 0) is 13.1 Å². The van der Waals surface area contributed by atoms with E-state index in [1.807, 2.05) is 0 Å². The number of aromatic nitrogens is 2. The standard InChI is InChI=1S/C16H22Cl2N2O2S2/c17-13-11-15(21)19(23-13)9-7-5-3-1-2-4-6-8-10-20-16(22)12-14(18)24-20/h11-12H,1-10H2. The summed E-state index contributed by atoms with van der Waals surface area (Å²) in [6, 6.07) is 2.95. The van der Waals surface area contributed by atoms with Gasteiger partial charge in [0.05, 0.1) is 0 Å². The zero-order valence-electron chi connectivity index (χ0n) is 13.5. The fourth-order valence-corrected chi connectivity index (χ4v) is 4.72. The monoisotopic (exact) mass is 408 g/mol. The van der Waals surface area contributed by atoms with E-state index in [0.717, 1.165) is 38.8 Å². The third kappa shape index (κ3) is 6.75. The number of hydrogen-bond acceptors (Lipinski definition) is 4. The Morgan fingerprint density at radius 3 is 1.29 bits per heavy atom. The van der Waals surface area contributed by atoms with Gasteiger partial charge >= 0.3 is 0 Å². The third-order valence-corrected chi connectivity index (χ3v) is 6.22. The molecule has 0 saturated carbocycles. The van der Waals surface area contributed by atoms with Gasteiger partial charge in [-0.15, -0.1) is 0 Å². The molecule has 2 rings (SSSR count). The minimum atomic E-state index is 0.0103. The molecule has 0 aromatic carbocycles. The van der Waals surface area contributed by atoms with Gasteiger partial charge in [0, 0.05) is 25.2 Å². The normalized spacial score (nSPS) is 11.2. The van der Waals surface area contributed by atoms with Crippen LogP contribution in [0.1, 0.15) is 51.4 Å². The van der Waals surface area contributed by atoms with E-state index in [0.29, 0.717) is 8.67 Å². The van der Waals surface area contributed by atoms with Gasteiger partial charge in [-0.05, 0) is 35.9 Å². The second kappa shape index (κ2) is 10.4. The van der Waals surface area contributed by atoms with Crippen LogP contribution in [0.4, 0.5) is 0 Å². The average Bonchev–Trinajstić information content (AvgIpc) is 3.02. The van der Waals surface area contributed by atoms with E-state index in [4.69, 9.17) is 23.2 Å². The van der Waals surface area contributed by atoms with Crippen LogP contribution in [0.15, 0.2) is 21.7 Å². The fourth-order valence-electron chi connectivity index (χ4n) is 2.57. The van der Waals surface area contributed by atoms with E-state index in [1.165, 1.54) is 60.9 Å². The van der Waals surface area contributed by atoms with Crippen LogP contribution in [0.3, 0.4) is 0 Å². The SMILES string of the molecule is O=c1cc(Cl)sn1CCCCCCCCCCn1sc(Cl)cc1=O. The van der Waals surface area contributed by atoms with E-state index in [-0.39, 0.29) is 11.1 Å². The maximum Gasteiger partial charge on any atom is 0.262 e. The molecule has 4 nitrogen and oxygen atoms in total. The van der Waals surface area contributed by atoms with Gasteiger partial charge in [-0.25, -0.2) is 0 Å². The number of hydrogen-bond donors (Lipinski definition) is 0. The number of unbranched alkanes of at least 4 members (excludes halogenated alkanes) is 7. The predicted octanol–water partition coefficient (Wildman–Crippen LogP) is 5.26. The molecule has 134 valence electrons. The van der Waals surface area contributed by atoms with Gasteiger partial charge in [0.2, 0.25) is 0 Å². The summed E-state index contributed by atoms with van der Waals surface area (Å²) in [6.45, 7) is 1.54. The Hall–Kier alpha value is -0.560. The molecule has 0 aliphatic heterocycles. The number of aryl methyl sites for hydroxylation is 2. The van der Waals surface area contributed by atoms with Crippen molar-refractivity contribution < 1.29 is 0 Å². The van der Waals surface area contributed by atoms with Gasteiger partial charge in [-0.2, -0.15) is 0 Å². The van der Waals surface area contributed by atoms with Crippen molar-refractivity contribution in [3.63, 3.8) is 0 Å². The molecule has 0 N–H and O–H groups in total. The molecule has 2 aromatic rings. The largest absolute Gasteiger partial charge is 0.268 e. The lowest BCUT2D eigenvalue weighted by molar-refractivity contribution is 0.534. The van der Waals surface area contributed by atoms with Crippen molar-refractivity contribution in [1.29, 1.82) is 0 Å². The van der Waals surface area contributed by atoms with E-state index >= 15 is 0 Å². The Morgan fingerprint density at radius 2 is 1.00 bits per heavy atom. The molecule has 2 aromatic heterocycles. The molecule has 0 aliphatic rings. The molecule has 8 heteroatoms. The smallest absolute Gasteiger partial charge is 0.262 e. The van der Waals surface area contributed by atoms with Crippen LogP contribution < -0.4 is 11.1 Å². The fraction of sp³-hybridized carbons (Fsp3) is 0.625. The first-order valence-electron chi connectivity index (χ1n) is 8.29. The second-order valence-corrected chi connectivity index (χ2v) is 9.18. The molecule has 24 heavy (non-hydrogen) atoms. The van der Waals surface area contributed by atoms with Crippen LogP contribution in [-0.4, -0.2) is 7.91 Å². The van der Waals surface area contributed by atoms with E-state index in [1.54, 1.807) is 7.91 Å². The van der Waals surface area contributed by atoms with Crippen molar-refractivity contribution >= 4 is 46.3 Å². The summed E-state index contributed by atoms with van der Waals surface area (Å²) in [7, 11) is 0. The first kappa shape index (κ1) is 19.8. The van der Waals surface area contributed by atoms with E-state index in [2.05, 4.69) is 0 Å². The number of halogens is 2. The summed E-state index contributed by atoms with van der Waals surface area (Å²) in [5, 5.41) is 0. The predicted molar refractivity (Wildman–Crippen MR) is 104 cm³/mol. The highest BCUT2D eigenvalue weighted by Gasteiger charge is 2.02. The molecular weight excluding hydrogens is 387 g/mol. The van der Waals surface area contributed by atoms with Gasteiger partial charge in [-0.1, -0.05) is 61.7 Å². The summed E-state index contributed by atoms with van der Waals surface area (Å²) in [4.78, 5) is 23.0. The van der Waals surface area contributed by atoms with Crippen molar-refractivity contribution in [1.82, 2.24) is 7.91 Å². The van der Waals surface area contributed by atoms with E-state index < -0.39 is 0 Å². The Balaban J connectivity index is 1.44. The van der Waals surface area contributed by atoms with Crippen molar-refractivity contribution in [3.8, 4) is 0 Å². The molecule has 2 heterocycles. The summed E-state index contributed by atoms with van der Waals surface area (Å²) in [6.07, 6.45) is 9.20.